The molecule has 12 heteroatoms. The number of nitrogens with one attached hydrogen (secondary N) is 1. The molecule has 0 saturated carbocycles. The quantitative estimate of drug-likeness (QED) is 0.291. The molecular formula is C29H25F4N5O3. The number of anilines is 1. The lowest BCUT2D eigenvalue weighted by atomic mass is 9.93. The van der Waals surface area contributed by atoms with E-state index in [0.717, 1.165) is 6.07 Å². The van der Waals surface area contributed by atoms with Gasteiger partial charge in [0.25, 0.3) is 0 Å². The van der Waals surface area contributed by atoms with E-state index in [1.807, 2.05) is 0 Å². The summed E-state index contributed by atoms with van der Waals surface area (Å²) in [4.78, 5) is 31.8. The largest absolute Gasteiger partial charge is 0.457 e. The molecule has 41 heavy (non-hydrogen) atoms. The predicted molar refractivity (Wildman–Crippen MR) is 140 cm³/mol. The smallest absolute Gasteiger partial charge is 0.416 e. The van der Waals surface area contributed by atoms with E-state index >= 15 is 0 Å². The van der Waals surface area contributed by atoms with Crippen LogP contribution in [0.4, 0.5) is 23.2 Å². The third-order valence-electron chi connectivity index (χ3n) is 6.78. The first-order chi connectivity index (χ1) is 19.7. The molecule has 0 bridgehead atoms. The van der Waals surface area contributed by atoms with E-state index in [1.165, 1.54) is 58.6 Å². The number of halogens is 4. The molecule has 1 saturated heterocycles. The summed E-state index contributed by atoms with van der Waals surface area (Å²) in [6, 6.07) is 16.4. The molecule has 8 nitrogen and oxygen atoms in total. The summed E-state index contributed by atoms with van der Waals surface area (Å²) in [5.74, 6) is -0.721. The second kappa shape index (κ2) is 11.8. The maximum absolute atomic E-state index is 13.6. The average Bonchev–Trinajstić information content (AvgIpc) is 3.61. The topological polar surface area (TPSA) is 89.4 Å². The molecule has 1 aliphatic rings. The van der Waals surface area contributed by atoms with Gasteiger partial charge in [-0.15, -0.1) is 0 Å². The molecule has 1 aromatic heterocycles. The highest BCUT2D eigenvalue weighted by Crippen LogP contribution is 2.35. The Hall–Kier alpha value is -4.74. The van der Waals surface area contributed by atoms with Gasteiger partial charge in [0.1, 0.15) is 42.6 Å². The minimum Gasteiger partial charge on any atom is -0.457 e. The highest BCUT2D eigenvalue weighted by molar-refractivity contribution is 5.97. The Morgan fingerprint density at radius 3 is 2.32 bits per heavy atom. The van der Waals surface area contributed by atoms with Crippen molar-refractivity contribution in [1.29, 1.82) is 0 Å². The van der Waals surface area contributed by atoms with Gasteiger partial charge in [-0.2, -0.15) is 18.3 Å². The van der Waals surface area contributed by atoms with Crippen LogP contribution in [-0.2, 0) is 28.7 Å². The fourth-order valence-corrected chi connectivity index (χ4v) is 4.90. The minimum absolute atomic E-state index is 0.0575. The SMILES string of the molecule is O=C(Nc1ccc(Oc2ccc(F)cc2)cc1)[C@@H]1C[C@@H](Cc2ccccc2C(F)(F)F)CN1C(=O)Cn1cncn1. The first-order valence-electron chi connectivity index (χ1n) is 12.8. The molecule has 2 atom stereocenters. The first-order valence-corrected chi connectivity index (χ1v) is 12.8. The van der Waals surface area contributed by atoms with Gasteiger partial charge in [-0.05, 0) is 78.9 Å². The van der Waals surface area contributed by atoms with Gasteiger partial charge in [0, 0.05) is 12.2 Å². The van der Waals surface area contributed by atoms with Crippen LogP contribution in [-0.4, -0.2) is 44.1 Å². The van der Waals surface area contributed by atoms with Crippen LogP contribution in [0.3, 0.4) is 0 Å². The normalized spacial score (nSPS) is 16.9. The first kappa shape index (κ1) is 27.8. The molecule has 4 aromatic rings. The number of alkyl halides is 3. The Morgan fingerprint density at radius 1 is 0.976 bits per heavy atom. The zero-order chi connectivity index (χ0) is 29.0. The zero-order valence-corrected chi connectivity index (χ0v) is 21.6. The lowest BCUT2D eigenvalue weighted by Crippen LogP contribution is -2.44. The Balaban J connectivity index is 1.30. The van der Waals surface area contributed by atoms with E-state index in [9.17, 15) is 27.2 Å². The van der Waals surface area contributed by atoms with Crippen molar-refractivity contribution >= 4 is 17.5 Å². The van der Waals surface area contributed by atoms with E-state index in [0.29, 0.717) is 17.2 Å². The number of ether oxygens (including phenoxy) is 1. The minimum atomic E-state index is -4.51. The van der Waals surface area contributed by atoms with Crippen LogP contribution in [0.5, 0.6) is 11.5 Å². The van der Waals surface area contributed by atoms with Crippen molar-refractivity contribution in [2.75, 3.05) is 11.9 Å². The monoisotopic (exact) mass is 567 g/mol. The van der Waals surface area contributed by atoms with E-state index in [4.69, 9.17) is 4.74 Å². The number of rotatable bonds is 8. The van der Waals surface area contributed by atoms with Crippen LogP contribution in [0.15, 0.2) is 85.5 Å². The van der Waals surface area contributed by atoms with Gasteiger partial charge in [0.05, 0.1) is 5.56 Å². The van der Waals surface area contributed by atoms with Crippen molar-refractivity contribution in [2.24, 2.45) is 5.92 Å². The van der Waals surface area contributed by atoms with Crippen molar-refractivity contribution in [3.8, 4) is 11.5 Å². The van der Waals surface area contributed by atoms with Gasteiger partial charge in [0.2, 0.25) is 11.8 Å². The van der Waals surface area contributed by atoms with E-state index in [-0.39, 0.29) is 43.2 Å². The summed E-state index contributed by atoms with van der Waals surface area (Å²) < 4.78 is 60.9. The van der Waals surface area contributed by atoms with Crippen molar-refractivity contribution in [2.45, 2.75) is 31.6 Å². The zero-order valence-electron chi connectivity index (χ0n) is 21.6. The maximum Gasteiger partial charge on any atom is 0.416 e. The molecule has 0 spiro atoms. The van der Waals surface area contributed by atoms with E-state index in [2.05, 4.69) is 15.4 Å². The summed E-state index contributed by atoms with van der Waals surface area (Å²) in [5.41, 5.74) is -0.168. The molecule has 212 valence electrons. The van der Waals surface area contributed by atoms with Crippen LogP contribution in [0, 0.1) is 11.7 Å². The average molecular weight is 568 g/mol. The van der Waals surface area contributed by atoms with Crippen molar-refractivity contribution in [1.82, 2.24) is 19.7 Å². The van der Waals surface area contributed by atoms with Gasteiger partial charge in [0.15, 0.2) is 0 Å². The fraction of sp³-hybridized carbons (Fsp3) is 0.241. The standard InChI is InChI=1S/C29H25F4N5O3/c30-21-5-9-23(10-6-21)41-24-11-7-22(8-12-24)36-28(40)26-14-19(13-20-3-1-2-4-25(20)29(31,32)33)15-38(26)27(39)16-37-18-34-17-35-37/h1-12,17-19,26H,13-16H2,(H,36,40)/t19-,26+/m1/s1. The number of amides is 2. The summed E-state index contributed by atoms with van der Waals surface area (Å²) in [6.07, 6.45) is -1.62. The third-order valence-corrected chi connectivity index (χ3v) is 6.78. The predicted octanol–water partition coefficient (Wildman–Crippen LogP) is 5.33. The molecule has 1 fully saturated rings. The van der Waals surface area contributed by atoms with Gasteiger partial charge in [-0.3, -0.25) is 9.59 Å². The van der Waals surface area contributed by atoms with Crippen LogP contribution >= 0.6 is 0 Å². The number of aromatic nitrogens is 3. The molecule has 1 aliphatic heterocycles. The maximum atomic E-state index is 13.6. The number of carbonyl (C=O) groups is 2. The van der Waals surface area contributed by atoms with Crippen molar-refractivity contribution < 1.29 is 31.9 Å². The number of carbonyl (C=O) groups excluding carboxylic acids is 2. The summed E-state index contributed by atoms with van der Waals surface area (Å²) in [5, 5.41) is 6.73. The van der Waals surface area contributed by atoms with Crippen molar-refractivity contribution in [3.63, 3.8) is 0 Å². The number of nitrogens with zero attached hydrogens (tertiary/aromatic N) is 4. The van der Waals surface area contributed by atoms with Crippen LogP contribution in [0.25, 0.3) is 0 Å². The molecule has 1 N–H and O–H groups in total. The van der Waals surface area contributed by atoms with Gasteiger partial charge >= 0.3 is 6.18 Å². The number of hydrogen-bond donors (Lipinski definition) is 1. The van der Waals surface area contributed by atoms with Gasteiger partial charge < -0.3 is 15.0 Å². The van der Waals surface area contributed by atoms with E-state index in [1.54, 1.807) is 30.3 Å². The number of benzene rings is 3. The Kier molecular flexibility index (Phi) is 7.99. The fourth-order valence-electron chi connectivity index (χ4n) is 4.90. The molecule has 2 heterocycles. The Bertz CT molecular complexity index is 1490. The third kappa shape index (κ3) is 6.89. The van der Waals surface area contributed by atoms with Crippen molar-refractivity contribution in [3.05, 3.63) is 102 Å². The summed E-state index contributed by atoms with van der Waals surface area (Å²) in [6.45, 7) is -0.0483. The highest BCUT2D eigenvalue weighted by Gasteiger charge is 2.41. The number of likely N-dealkylation sites (tertiary alicyclic amines) is 1. The van der Waals surface area contributed by atoms with Gasteiger partial charge in [-0.25, -0.2) is 14.1 Å². The van der Waals surface area contributed by atoms with Crippen LogP contribution in [0.2, 0.25) is 0 Å². The Morgan fingerprint density at radius 2 is 1.66 bits per heavy atom. The summed E-state index contributed by atoms with van der Waals surface area (Å²) in [7, 11) is 0. The molecular weight excluding hydrogens is 542 g/mol. The van der Waals surface area contributed by atoms with Crippen LogP contribution in [0.1, 0.15) is 17.5 Å². The molecule has 0 unspecified atom stereocenters. The lowest BCUT2D eigenvalue weighted by molar-refractivity contribution is -0.138. The second-order valence-corrected chi connectivity index (χ2v) is 9.69. The molecule has 5 rings (SSSR count). The van der Waals surface area contributed by atoms with Crippen LogP contribution < -0.4 is 10.1 Å². The van der Waals surface area contributed by atoms with E-state index < -0.39 is 29.6 Å². The lowest BCUT2D eigenvalue weighted by Gasteiger charge is -2.24. The molecule has 0 aliphatic carbocycles. The second-order valence-electron chi connectivity index (χ2n) is 9.69. The molecule has 3 aromatic carbocycles. The number of hydrogen-bond acceptors (Lipinski definition) is 5. The highest BCUT2D eigenvalue weighted by atomic mass is 19.4. The molecule has 0 radical (unpaired) electrons. The summed E-state index contributed by atoms with van der Waals surface area (Å²) >= 11 is 0. The Labute approximate surface area is 232 Å². The van der Waals surface area contributed by atoms with Gasteiger partial charge in [-0.1, -0.05) is 18.2 Å². The molecule has 2 amide bonds.